The first kappa shape index (κ1) is 18.0. The zero-order valence-corrected chi connectivity index (χ0v) is 14.4. The molecule has 1 heterocycles. The summed E-state index contributed by atoms with van der Waals surface area (Å²) in [5.74, 6) is 0.907. The molecule has 1 aliphatic rings. The maximum absolute atomic E-state index is 11.7. The number of fused-ring (bicyclic) bond motifs is 1. The van der Waals surface area contributed by atoms with E-state index >= 15 is 0 Å². The fourth-order valence-corrected chi connectivity index (χ4v) is 2.74. The van der Waals surface area contributed by atoms with Gasteiger partial charge in [-0.3, -0.25) is 4.79 Å². The molecule has 7 nitrogen and oxygen atoms in total. The normalized spacial score (nSPS) is 16.8. The first-order chi connectivity index (χ1) is 12.6. The van der Waals surface area contributed by atoms with Gasteiger partial charge in [0.15, 0.2) is 11.5 Å². The van der Waals surface area contributed by atoms with Crippen molar-refractivity contribution in [3.8, 4) is 17.2 Å². The van der Waals surface area contributed by atoms with E-state index < -0.39 is 12.0 Å². The third-order valence-corrected chi connectivity index (χ3v) is 4.15. The van der Waals surface area contributed by atoms with E-state index in [0.717, 1.165) is 5.75 Å². The molecule has 0 saturated heterocycles. The van der Waals surface area contributed by atoms with Crippen molar-refractivity contribution in [3.05, 3.63) is 53.6 Å². The van der Waals surface area contributed by atoms with Crippen LogP contribution in [0.1, 0.15) is 22.0 Å². The zero-order chi connectivity index (χ0) is 18.5. The molecule has 2 unspecified atom stereocenters. The summed E-state index contributed by atoms with van der Waals surface area (Å²) in [6.45, 7) is 1.21. The van der Waals surface area contributed by atoms with Crippen LogP contribution in [0.2, 0.25) is 0 Å². The van der Waals surface area contributed by atoms with Crippen molar-refractivity contribution in [3.63, 3.8) is 0 Å². The molecule has 2 aromatic rings. The van der Waals surface area contributed by atoms with E-state index in [9.17, 15) is 15.0 Å². The molecule has 1 aliphatic heterocycles. The number of hydrogen-bond donors (Lipinski definition) is 4. The Morgan fingerprint density at radius 2 is 2.04 bits per heavy atom. The molecule has 0 aromatic heterocycles. The number of rotatable bonds is 6. The highest BCUT2D eigenvalue weighted by atomic mass is 16.6. The van der Waals surface area contributed by atoms with E-state index in [4.69, 9.17) is 9.47 Å². The number of benzene rings is 2. The number of hydrogen-bond acceptors (Lipinski definition) is 6. The summed E-state index contributed by atoms with van der Waals surface area (Å²) in [6.07, 6.45) is -0.978. The number of aromatic hydroxyl groups is 1. The molecule has 1 amide bonds. The van der Waals surface area contributed by atoms with Gasteiger partial charge < -0.3 is 30.3 Å². The molecule has 2 aromatic carbocycles. The number of phenolic OH excluding ortho intramolecular Hbond substituents is 1. The Morgan fingerprint density at radius 3 is 2.81 bits per heavy atom. The Kier molecular flexibility index (Phi) is 5.60. The minimum atomic E-state index is -0.823. The van der Waals surface area contributed by atoms with Crippen LogP contribution in [-0.4, -0.2) is 49.0 Å². The van der Waals surface area contributed by atoms with Crippen molar-refractivity contribution >= 4 is 5.91 Å². The van der Waals surface area contributed by atoms with Crippen molar-refractivity contribution in [1.82, 2.24) is 10.6 Å². The lowest BCUT2D eigenvalue weighted by molar-refractivity contribution is 0.0858. The number of phenols is 1. The van der Waals surface area contributed by atoms with E-state index in [1.54, 1.807) is 6.07 Å². The number of ether oxygens (including phenoxy) is 2. The Bertz CT molecular complexity index is 780. The summed E-state index contributed by atoms with van der Waals surface area (Å²) < 4.78 is 11.5. The SMILES string of the molecule is CNC(=O)c1cc(C(O)CNCC2COc3ccccc3O2)ccc1O. The van der Waals surface area contributed by atoms with Gasteiger partial charge in [-0.25, -0.2) is 0 Å². The molecule has 0 saturated carbocycles. The van der Waals surface area contributed by atoms with Crippen molar-refractivity contribution in [1.29, 1.82) is 0 Å². The molecule has 0 radical (unpaired) electrons. The highest BCUT2D eigenvalue weighted by molar-refractivity contribution is 5.96. The van der Waals surface area contributed by atoms with E-state index in [1.807, 2.05) is 24.3 Å². The summed E-state index contributed by atoms with van der Waals surface area (Å²) in [7, 11) is 1.48. The van der Waals surface area contributed by atoms with Crippen LogP contribution in [0, 0.1) is 0 Å². The van der Waals surface area contributed by atoms with Crippen LogP contribution in [0.4, 0.5) is 0 Å². The number of aliphatic hydroxyl groups is 1. The van der Waals surface area contributed by atoms with Gasteiger partial charge in [0, 0.05) is 20.1 Å². The van der Waals surface area contributed by atoms with Crippen LogP contribution in [0.15, 0.2) is 42.5 Å². The van der Waals surface area contributed by atoms with Crippen LogP contribution >= 0.6 is 0 Å². The second-order valence-corrected chi connectivity index (χ2v) is 6.03. The number of aliphatic hydroxyl groups excluding tert-OH is 1. The van der Waals surface area contributed by atoms with Crippen molar-refractivity contribution in [2.45, 2.75) is 12.2 Å². The summed E-state index contributed by atoms with van der Waals surface area (Å²) in [6, 6.07) is 12.0. The maximum Gasteiger partial charge on any atom is 0.254 e. The summed E-state index contributed by atoms with van der Waals surface area (Å²) in [5.41, 5.74) is 0.671. The summed E-state index contributed by atoms with van der Waals surface area (Å²) >= 11 is 0. The first-order valence-electron chi connectivity index (χ1n) is 8.40. The molecule has 0 spiro atoms. The average Bonchev–Trinajstić information content (AvgIpc) is 2.67. The molecular formula is C19H22N2O5. The summed E-state index contributed by atoms with van der Waals surface area (Å²) in [4.78, 5) is 11.7. The molecular weight excluding hydrogens is 336 g/mol. The predicted octanol–water partition coefficient (Wildman–Crippen LogP) is 1.21. The van der Waals surface area contributed by atoms with Gasteiger partial charge in [0.2, 0.25) is 0 Å². The molecule has 0 aliphatic carbocycles. The fraction of sp³-hybridized carbons (Fsp3) is 0.316. The van der Waals surface area contributed by atoms with Crippen molar-refractivity contribution in [2.24, 2.45) is 0 Å². The van der Waals surface area contributed by atoms with Crippen LogP contribution < -0.4 is 20.1 Å². The van der Waals surface area contributed by atoms with Crippen molar-refractivity contribution < 1.29 is 24.5 Å². The molecule has 7 heteroatoms. The Balaban J connectivity index is 1.53. The highest BCUT2D eigenvalue weighted by Gasteiger charge is 2.21. The zero-order valence-electron chi connectivity index (χ0n) is 14.4. The molecule has 138 valence electrons. The highest BCUT2D eigenvalue weighted by Crippen LogP contribution is 2.30. The number of amides is 1. The number of carbonyl (C=O) groups is 1. The number of carbonyl (C=O) groups excluding carboxylic acids is 1. The monoisotopic (exact) mass is 358 g/mol. The van der Waals surface area contributed by atoms with E-state index in [-0.39, 0.29) is 24.0 Å². The summed E-state index contributed by atoms with van der Waals surface area (Å²) in [5, 5.41) is 25.7. The lowest BCUT2D eigenvalue weighted by Crippen LogP contribution is -2.39. The molecule has 26 heavy (non-hydrogen) atoms. The van der Waals surface area contributed by atoms with Gasteiger partial charge in [0.25, 0.3) is 5.91 Å². The number of para-hydroxylation sites is 2. The second-order valence-electron chi connectivity index (χ2n) is 6.03. The van der Waals surface area contributed by atoms with Gasteiger partial charge in [-0.2, -0.15) is 0 Å². The Morgan fingerprint density at radius 1 is 1.27 bits per heavy atom. The Hall–Kier alpha value is -2.77. The van der Waals surface area contributed by atoms with E-state index in [1.165, 1.54) is 19.2 Å². The minimum absolute atomic E-state index is 0.125. The van der Waals surface area contributed by atoms with Gasteiger partial charge in [0.1, 0.15) is 18.5 Å². The third-order valence-electron chi connectivity index (χ3n) is 4.15. The van der Waals surface area contributed by atoms with Gasteiger partial charge in [-0.1, -0.05) is 18.2 Å². The topological polar surface area (TPSA) is 100 Å². The largest absolute Gasteiger partial charge is 0.507 e. The van der Waals surface area contributed by atoms with Crippen LogP contribution in [0.3, 0.4) is 0 Å². The second kappa shape index (κ2) is 8.07. The third kappa shape index (κ3) is 4.07. The lowest BCUT2D eigenvalue weighted by Gasteiger charge is -2.27. The van der Waals surface area contributed by atoms with Crippen molar-refractivity contribution in [2.75, 3.05) is 26.7 Å². The maximum atomic E-state index is 11.7. The lowest BCUT2D eigenvalue weighted by atomic mass is 10.0. The predicted molar refractivity (Wildman–Crippen MR) is 95.7 cm³/mol. The molecule has 0 bridgehead atoms. The molecule has 2 atom stereocenters. The van der Waals surface area contributed by atoms with Gasteiger partial charge in [-0.05, 0) is 29.8 Å². The first-order valence-corrected chi connectivity index (χ1v) is 8.40. The molecule has 0 fully saturated rings. The quantitative estimate of drug-likeness (QED) is 0.620. The van der Waals surface area contributed by atoms with E-state index in [2.05, 4.69) is 10.6 Å². The van der Waals surface area contributed by atoms with E-state index in [0.29, 0.717) is 24.5 Å². The Labute approximate surface area is 151 Å². The fourth-order valence-electron chi connectivity index (χ4n) is 2.74. The average molecular weight is 358 g/mol. The van der Waals surface area contributed by atoms with Gasteiger partial charge in [0.05, 0.1) is 11.7 Å². The van der Waals surface area contributed by atoms with Gasteiger partial charge in [-0.15, -0.1) is 0 Å². The van der Waals surface area contributed by atoms with Crippen LogP contribution in [-0.2, 0) is 0 Å². The minimum Gasteiger partial charge on any atom is -0.507 e. The van der Waals surface area contributed by atoms with Crippen LogP contribution in [0.25, 0.3) is 0 Å². The molecule has 3 rings (SSSR count). The van der Waals surface area contributed by atoms with Crippen LogP contribution in [0.5, 0.6) is 17.2 Å². The standard InChI is InChI=1S/C19H22N2O5/c1-20-19(24)14-8-12(6-7-15(14)22)16(23)10-21-9-13-11-25-17-4-2-3-5-18(17)26-13/h2-8,13,16,21-23H,9-11H2,1H3,(H,20,24). The van der Waals surface area contributed by atoms with Gasteiger partial charge >= 0.3 is 0 Å². The number of nitrogens with one attached hydrogen (secondary N) is 2. The smallest absolute Gasteiger partial charge is 0.254 e. The molecule has 4 N–H and O–H groups in total.